The molecule has 17 heavy (non-hydrogen) atoms. The van der Waals surface area contributed by atoms with Crippen LogP contribution in [-0.4, -0.2) is 17.1 Å². The minimum absolute atomic E-state index is 0.138. The molecule has 86 valence electrons. The van der Waals surface area contributed by atoms with Crippen LogP contribution in [0, 0.1) is 11.3 Å². The number of nitrogens with two attached hydrogens (primary N) is 1. The van der Waals surface area contributed by atoms with Crippen LogP contribution in [0.5, 0.6) is 5.75 Å². The van der Waals surface area contributed by atoms with Gasteiger partial charge in [0.1, 0.15) is 23.4 Å². The van der Waals surface area contributed by atoms with Crippen LogP contribution in [0.15, 0.2) is 36.5 Å². The summed E-state index contributed by atoms with van der Waals surface area (Å²) in [6.07, 6.45) is 1.71. The summed E-state index contributed by atoms with van der Waals surface area (Å²) in [4.78, 5) is 4.26. The Morgan fingerprint density at radius 1 is 1.41 bits per heavy atom. The lowest BCUT2D eigenvalue weighted by atomic mass is 10.1. The first-order valence-electron chi connectivity index (χ1n) is 5.29. The second kappa shape index (κ2) is 4.40. The average Bonchev–Trinajstić information content (AvgIpc) is 2.36. The van der Waals surface area contributed by atoms with E-state index in [1.165, 1.54) is 0 Å². The van der Waals surface area contributed by atoms with Gasteiger partial charge in [-0.05, 0) is 19.1 Å². The van der Waals surface area contributed by atoms with E-state index >= 15 is 0 Å². The van der Waals surface area contributed by atoms with E-state index in [0.29, 0.717) is 5.75 Å². The summed E-state index contributed by atoms with van der Waals surface area (Å²) in [6.45, 7) is 1.77. The summed E-state index contributed by atoms with van der Waals surface area (Å²) in [5.74, 6) is 0.648. The minimum atomic E-state index is -0.989. The number of para-hydroxylation sites is 1. The number of aromatic nitrogens is 1. The molecule has 1 heterocycles. The second-order valence-corrected chi connectivity index (χ2v) is 4.15. The lowest BCUT2D eigenvalue weighted by Crippen LogP contribution is -2.40. The van der Waals surface area contributed by atoms with Crippen LogP contribution in [0.1, 0.15) is 6.92 Å². The number of pyridine rings is 1. The second-order valence-electron chi connectivity index (χ2n) is 4.15. The van der Waals surface area contributed by atoms with E-state index in [4.69, 9.17) is 15.7 Å². The fraction of sp³-hybridized carbons (Fsp3) is 0.231. The molecular formula is C13H13N3O. The number of nitrogens with zero attached hydrogens (tertiary/aromatic N) is 2. The first kappa shape index (κ1) is 11.4. The van der Waals surface area contributed by atoms with Crippen molar-refractivity contribution in [2.24, 2.45) is 5.73 Å². The molecule has 1 unspecified atom stereocenters. The molecule has 4 nitrogen and oxygen atoms in total. The van der Waals surface area contributed by atoms with E-state index in [2.05, 4.69) is 4.98 Å². The molecule has 0 aliphatic carbocycles. The van der Waals surface area contributed by atoms with Crippen LogP contribution in [0.4, 0.5) is 0 Å². The molecule has 2 rings (SSSR count). The van der Waals surface area contributed by atoms with Crippen molar-refractivity contribution in [3.05, 3.63) is 36.5 Å². The molecule has 0 saturated carbocycles. The molecule has 0 aliphatic rings. The average molecular weight is 227 g/mol. The summed E-state index contributed by atoms with van der Waals surface area (Å²) < 4.78 is 5.56. The number of rotatable bonds is 3. The highest BCUT2D eigenvalue weighted by molar-refractivity contribution is 5.84. The molecule has 2 aromatic rings. The Hall–Kier alpha value is -2.12. The molecule has 4 heteroatoms. The van der Waals surface area contributed by atoms with Crippen molar-refractivity contribution in [2.75, 3.05) is 6.61 Å². The van der Waals surface area contributed by atoms with Crippen LogP contribution < -0.4 is 10.5 Å². The third-order valence-corrected chi connectivity index (χ3v) is 2.38. The zero-order chi connectivity index (χ0) is 12.3. The number of hydrogen-bond acceptors (Lipinski definition) is 4. The fourth-order valence-electron chi connectivity index (χ4n) is 1.45. The van der Waals surface area contributed by atoms with E-state index < -0.39 is 5.54 Å². The maximum atomic E-state index is 8.81. The SMILES string of the molecule is CC(N)(C#N)COc1cccc2cccnc12. The molecule has 0 spiro atoms. The lowest BCUT2D eigenvalue weighted by molar-refractivity contribution is 0.267. The minimum Gasteiger partial charge on any atom is -0.488 e. The van der Waals surface area contributed by atoms with E-state index in [1.54, 1.807) is 13.1 Å². The lowest BCUT2D eigenvalue weighted by Gasteiger charge is -2.16. The first-order chi connectivity index (χ1) is 8.12. The van der Waals surface area contributed by atoms with Gasteiger partial charge in [0.05, 0.1) is 6.07 Å². The maximum absolute atomic E-state index is 8.81. The summed E-state index contributed by atoms with van der Waals surface area (Å²) in [6, 6.07) is 11.5. The number of ether oxygens (including phenoxy) is 1. The predicted molar refractivity (Wildman–Crippen MR) is 65.4 cm³/mol. The maximum Gasteiger partial charge on any atom is 0.145 e. The van der Waals surface area contributed by atoms with Crippen LogP contribution in [-0.2, 0) is 0 Å². The highest BCUT2D eigenvalue weighted by Gasteiger charge is 2.18. The molecule has 1 atom stereocenters. The zero-order valence-electron chi connectivity index (χ0n) is 9.55. The quantitative estimate of drug-likeness (QED) is 0.868. The highest BCUT2D eigenvalue weighted by Crippen LogP contribution is 2.23. The standard InChI is InChI=1S/C13H13N3O/c1-13(15,8-14)9-17-11-6-2-4-10-5-3-7-16-12(10)11/h2-7H,9,15H2,1H3. The van der Waals surface area contributed by atoms with Crippen molar-refractivity contribution < 1.29 is 4.74 Å². The Labute approximate surface area is 99.6 Å². The number of benzene rings is 1. The molecular weight excluding hydrogens is 214 g/mol. The summed E-state index contributed by atoms with van der Waals surface area (Å²) in [5, 5.41) is 9.82. The van der Waals surface area contributed by atoms with Crippen molar-refractivity contribution >= 4 is 10.9 Å². The van der Waals surface area contributed by atoms with E-state index in [0.717, 1.165) is 10.9 Å². The predicted octanol–water partition coefficient (Wildman–Crippen LogP) is 1.85. The Kier molecular flexibility index (Phi) is 2.94. The smallest absolute Gasteiger partial charge is 0.145 e. The Morgan fingerprint density at radius 2 is 2.18 bits per heavy atom. The van der Waals surface area contributed by atoms with Gasteiger partial charge in [-0.25, -0.2) is 0 Å². The Balaban J connectivity index is 2.28. The summed E-state index contributed by atoms with van der Waals surface area (Å²) >= 11 is 0. The van der Waals surface area contributed by atoms with Crippen LogP contribution in [0.25, 0.3) is 10.9 Å². The van der Waals surface area contributed by atoms with Crippen LogP contribution >= 0.6 is 0 Å². The molecule has 0 bridgehead atoms. The largest absolute Gasteiger partial charge is 0.488 e. The van der Waals surface area contributed by atoms with Gasteiger partial charge < -0.3 is 10.5 Å². The van der Waals surface area contributed by atoms with Crippen molar-refractivity contribution in [2.45, 2.75) is 12.5 Å². The molecule has 1 aromatic carbocycles. The van der Waals surface area contributed by atoms with E-state index in [-0.39, 0.29) is 6.61 Å². The van der Waals surface area contributed by atoms with Crippen molar-refractivity contribution in [1.82, 2.24) is 4.98 Å². The van der Waals surface area contributed by atoms with Crippen molar-refractivity contribution in [3.63, 3.8) is 0 Å². The van der Waals surface area contributed by atoms with Gasteiger partial charge in [-0.15, -0.1) is 0 Å². The third-order valence-electron chi connectivity index (χ3n) is 2.38. The molecule has 0 saturated heterocycles. The number of fused-ring (bicyclic) bond motifs is 1. The molecule has 0 aliphatic heterocycles. The molecule has 0 fully saturated rings. The monoisotopic (exact) mass is 227 g/mol. The molecule has 0 amide bonds. The van der Waals surface area contributed by atoms with Gasteiger partial charge >= 0.3 is 0 Å². The van der Waals surface area contributed by atoms with Gasteiger partial charge in [0.15, 0.2) is 0 Å². The molecule has 0 radical (unpaired) electrons. The van der Waals surface area contributed by atoms with Gasteiger partial charge in [-0.1, -0.05) is 18.2 Å². The van der Waals surface area contributed by atoms with E-state index in [1.807, 2.05) is 36.4 Å². The Bertz CT molecular complexity index is 567. The highest BCUT2D eigenvalue weighted by atomic mass is 16.5. The van der Waals surface area contributed by atoms with Gasteiger partial charge in [-0.3, -0.25) is 4.98 Å². The fourth-order valence-corrected chi connectivity index (χ4v) is 1.45. The normalized spacial score (nSPS) is 13.9. The van der Waals surface area contributed by atoms with Crippen LogP contribution in [0.2, 0.25) is 0 Å². The molecule has 2 N–H and O–H groups in total. The summed E-state index contributed by atoms with van der Waals surface area (Å²) in [5.41, 5.74) is 5.49. The van der Waals surface area contributed by atoms with Crippen molar-refractivity contribution in [3.8, 4) is 11.8 Å². The van der Waals surface area contributed by atoms with Gasteiger partial charge in [0, 0.05) is 11.6 Å². The van der Waals surface area contributed by atoms with Gasteiger partial charge in [0.2, 0.25) is 0 Å². The van der Waals surface area contributed by atoms with Crippen molar-refractivity contribution in [1.29, 1.82) is 5.26 Å². The van der Waals surface area contributed by atoms with E-state index in [9.17, 15) is 0 Å². The molecule has 1 aromatic heterocycles. The topological polar surface area (TPSA) is 71.9 Å². The van der Waals surface area contributed by atoms with Crippen LogP contribution in [0.3, 0.4) is 0 Å². The Morgan fingerprint density at radius 3 is 2.94 bits per heavy atom. The van der Waals surface area contributed by atoms with Gasteiger partial charge in [-0.2, -0.15) is 5.26 Å². The summed E-state index contributed by atoms with van der Waals surface area (Å²) in [7, 11) is 0. The third kappa shape index (κ3) is 2.52. The zero-order valence-corrected chi connectivity index (χ0v) is 9.55. The number of nitriles is 1. The first-order valence-corrected chi connectivity index (χ1v) is 5.29. The van der Waals surface area contributed by atoms with Gasteiger partial charge in [0.25, 0.3) is 0 Å². The number of hydrogen-bond donors (Lipinski definition) is 1.